The predicted molar refractivity (Wildman–Crippen MR) is 169 cm³/mol. The van der Waals surface area contributed by atoms with Gasteiger partial charge in [-0.1, -0.05) is 41.4 Å². The molecule has 12 heteroatoms. The van der Waals surface area contributed by atoms with Gasteiger partial charge in [0.05, 0.1) is 40.0 Å². The summed E-state index contributed by atoms with van der Waals surface area (Å²) in [5.74, 6) is 0.255. The molecule has 0 N–H and O–H groups in total. The average Bonchev–Trinajstić information content (AvgIpc) is 3.23. The van der Waals surface area contributed by atoms with Crippen molar-refractivity contribution in [3.8, 4) is 11.4 Å². The van der Waals surface area contributed by atoms with Crippen molar-refractivity contribution < 1.29 is 17.9 Å². The van der Waals surface area contributed by atoms with Crippen LogP contribution in [0.15, 0.2) is 70.4 Å². The van der Waals surface area contributed by atoms with Crippen molar-refractivity contribution in [2.75, 3.05) is 25.5 Å². The van der Waals surface area contributed by atoms with Crippen LogP contribution in [0.4, 0.5) is 5.69 Å². The minimum absolute atomic E-state index is 0.00583. The molecule has 1 unspecified atom stereocenters. The number of rotatable bonds is 7. The number of hydrogen-bond donors (Lipinski definition) is 0. The summed E-state index contributed by atoms with van der Waals surface area (Å²) in [6.45, 7) is 1.68. The van der Waals surface area contributed by atoms with E-state index in [2.05, 4.69) is 0 Å². The molecule has 1 heterocycles. The van der Waals surface area contributed by atoms with Gasteiger partial charge in [0.1, 0.15) is 11.4 Å². The van der Waals surface area contributed by atoms with E-state index in [0.29, 0.717) is 28.6 Å². The van der Waals surface area contributed by atoms with Gasteiger partial charge >= 0.3 is 0 Å². The van der Waals surface area contributed by atoms with Crippen LogP contribution in [0.3, 0.4) is 0 Å². The van der Waals surface area contributed by atoms with Crippen molar-refractivity contribution in [3.05, 3.63) is 103 Å². The topological polar surface area (TPSA) is 93.8 Å². The first-order valence-corrected chi connectivity index (χ1v) is 15.8. The fourth-order valence-electron chi connectivity index (χ4n) is 5.78. The molecule has 1 atom stereocenters. The van der Waals surface area contributed by atoms with Crippen molar-refractivity contribution in [2.45, 2.75) is 37.1 Å². The summed E-state index contributed by atoms with van der Waals surface area (Å²) in [7, 11) is 1.99. The van der Waals surface area contributed by atoms with Gasteiger partial charge in [-0.05, 0) is 68.7 Å². The average molecular weight is 644 g/mol. The number of hydrogen-bond acceptors (Lipinski definition) is 5. The zero-order valence-electron chi connectivity index (χ0n) is 24.5. The number of amides is 1. The van der Waals surface area contributed by atoms with Gasteiger partial charge in [-0.25, -0.2) is 13.1 Å². The molecule has 0 aliphatic heterocycles. The number of anilines is 1. The summed E-state index contributed by atoms with van der Waals surface area (Å²) >= 11 is 13.1. The lowest BCUT2D eigenvalue weighted by Gasteiger charge is -2.35. The van der Waals surface area contributed by atoms with Crippen molar-refractivity contribution >= 4 is 44.8 Å². The van der Waals surface area contributed by atoms with Gasteiger partial charge in [0.15, 0.2) is 0 Å². The number of para-hydroxylation sites is 1. The molecule has 1 aliphatic rings. The Balaban J connectivity index is 1.52. The van der Waals surface area contributed by atoms with E-state index in [-0.39, 0.29) is 27.2 Å². The molecule has 1 aliphatic carbocycles. The molecule has 43 heavy (non-hydrogen) atoms. The summed E-state index contributed by atoms with van der Waals surface area (Å²) in [4.78, 5) is 28.8. The van der Waals surface area contributed by atoms with Crippen molar-refractivity contribution in [1.82, 2.24) is 14.3 Å². The largest absolute Gasteiger partial charge is 0.496 e. The van der Waals surface area contributed by atoms with Crippen LogP contribution in [-0.4, -0.2) is 49.8 Å². The molecular weight excluding hydrogens is 611 g/mol. The number of nitrogens with zero attached hydrogens (tertiary/aromatic N) is 4. The second kappa shape index (κ2) is 11.7. The van der Waals surface area contributed by atoms with E-state index in [9.17, 15) is 18.0 Å². The molecule has 4 aromatic rings. The van der Waals surface area contributed by atoms with E-state index in [4.69, 9.17) is 27.9 Å². The molecule has 3 aromatic carbocycles. The van der Waals surface area contributed by atoms with Gasteiger partial charge in [0, 0.05) is 37.3 Å². The Labute approximate surface area is 260 Å². The van der Waals surface area contributed by atoms with E-state index >= 15 is 0 Å². The van der Waals surface area contributed by atoms with E-state index in [1.807, 2.05) is 12.1 Å². The van der Waals surface area contributed by atoms with Crippen LogP contribution >= 0.6 is 23.2 Å². The van der Waals surface area contributed by atoms with Crippen LogP contribution < -0.4 is 14.6 Å². The van der Waals surface area contributed by atoms with E-state index < -0.39 is 21.5 Å². The second-order valence-electron chi connectivity index (χ2n) is 10.5. The minimum Gasteiger partial charge on any atom is -0.496 e. The lowest BCUT2D eigenvalue weighted by molar-refractivity contribution is 0.0714. The summed E-state index contributed by atoms with van der Waals surface area (Å²) in [6.07, 6.45) is 2.25. The number of methoxy groups -OCH3 is 1. The highest BCUT2D eigenvalue weighted by atomic mass is 35.5. The molecule has 5 rings (SSSR count). The monoisotopic (exact) mass is 642 g/mol. The smallest absolute Gasteiger partial charge is 0.296 e. The fourth-order valence-corrected chi connectivity index (χ4v) is 7.56. The lowest BCUT2D eigenvalue weighted by atomic mass is 9.86. The van der Waals surface area contributed by atoms with Crippen LogP contribution in [0.2, 0.25) is 10.0 Å². The van der Waals surface area contributed by atoms with Crippen LogP contribution in [0.1, 0.15) is 46.1 Å². The van der Waals surface area contributed by atoms with Gasteiger partial charge in [-0.15, -0.1) is 0 Å². The summed E-state index contributed by atoms with van der Waals surface area (Å²) in [6, 6.07) is 16.1. The second-order valence-corrected chi connectivity index (χ2v) is 13.3. The Kier molecular flexibility index (Phi) is 8.39. The number of halogens is 2. The molecular formula is C31H32Cl2N4O5S. The van der Waals surface area contributed by atoms with Gasteiger partial charge in [-0.3, -0.25) is 18.6 Å². The maximum atomic E-state index is 13.9. The highest BCUT2D eigenvalue weighted by Crippen LogP contribution is 2.43. The zero-order chi connectivity index (χ0) is 31.2. The third kappa shape index (κ3) is 5.21. The zero-order valence-corrected chi connectivity index (χ0v) is 26.8. The quantitative estimate of drug-likeness (QED) is 0.255. The minimum atomic E-state index is -4.27. The maximum absolute atomic E-state index is 13.9. The molecule has 0 fully saturated rings. The third-order valence-corrected chi connectivity index (χ3v) is 10.6. The standard InChI is InChI=1S/C31H32Cl2N4O5S/c1-19-29(31(39)37(35(19)3)20-10-7-6-8-11-20)36(4)43(40,41)21-14-15-24(32)23(18-21)30(38)34(2)26-13-9-12-22-27(42-5)17-16-25(33)28(22)26/h6-8,10-11,14-18,26H,9,12-13H2,1-5H3. The number of aromatic nitrogens is 2. The Morgan fingerprint density at radius 1 is 1.02 bits per heavy atom. The number of benzene rings is 3. The molecule has 226 valence electrons. The van der Waals surface area contributed by atoms with E-state index in [0.717, 1.165) is 28.3 Å². The summed E-state index contributed by atoms with van der Waals surface area (Å²) < 4.78 is 37.3. The Morgan fingerprint density at radius 2 is 1.70 bits per heavy atom. The van der Waals surface area contributed by atoms with E-state index in [1.165, 1.54) is 29.9 Å². The number of sulfonamides is 1. The van der Waals surface area contributed by atoms with Crippen molar-refractivity contribution in [2.24, 2.45) is 7.05 Å². The predicted octanol–water partition coefficient (Wildman–Crippen LogP) is 5.77. The highest BCUT2D eigenvalue weighted by molar-refractivity contribution is 7.92. The van der Waals surface area contributed by atoms with Crippen LogP contribution in [0.5, 0.6) is 5.75 Å². The SMILES string of the molecule is COc1ccc(Cl)c2c1CCCC2N(C)C(=O)c1cc(S(=O)(=O)N(C)c2c(C)n(C)n(-c3ccccc3)c2=O)ccc1Cl. The van der Waals surface area contributed by atoms with Crippen molar-refractivity contribution in [1.29, 1.82) is 0 Å². The van der Waals surface area contributed by atoms with Crippen LogP contribution in [0.25, 0.3) is 5.69 Å². The molecule has 9 nitrogen and oxygen atoms in total. The first-order valence-electron chi connectivity index (χ1n) is 13.6. The summed E-state index contributed by atoms with van der Waals surface area (Å²) in [5, 5.41) is 0.636. The van der Waals surface area contributed by atoms with Crippen molar-refractivity contribution in [3.63, 3.8) is 0 Å². The number of ether oxygens (including phenoxy) is 1. The Hall–Kier alpha value is -3.73. The molecule has 0 spiro atoms. The number of fused-ring (bicyclic) bond motifs is 1. The lowest BCUT2D eigenvalue weighted by Crippen LogP contribution is -2.34. The first-order chi connectivity index (χ1) is 20.4. The Bertz CT molecular complexity index is 1890. The molecule has 0 bridgehead atoms. The molecule has 0 saturated carbocycles. The molecule has 0 radical (unpaired) electrons. The number of carbonyl (C=O) groups excluding carboxylic acids is 1. The maximum Gasteiger partial charge on any atom is 0.296 e. The molecule has 1 amide bonds. The van der Waals surface area contributed by atoms with E-state index in [1.54, 1.807) is 68.0 Å². The van der Waals surface area contributed by atoms with Gasteiger partial charge < -0.3 is 9.64 Å². The van der Waals surface area contributed by atoms with Gasteiger partial charge in [0.2, 0.25) is 0 Å². The Morgan fingerprint density at radius 3 is 2.37 bits per heavy atom. The first kappa shape index (κ1) is 30.7. The van der Waals surface area contributed by atoms with Crippen LogP contribution in [0, 0.1) is 6.92 Å². The van der Waals surface area contributed by atoms with Gasteiger partial charge in [0.25, 0.3) is 21.5 Å². The third-order valence-electron chi connectivity index (χ3n) is 8.17. The molecule has 0 saturated heterocycles. The van der Waals surface area contributed by atoms with Gasteiger partial charge in [-0.2, -0.15) is 0 Å². The molecule has 1 aromatic heterocycles. The fraction of sp³-hybridized carbons (Fsp3) is 0.290. The van der Waals surface area contributed by atoms with Crippen LogP contribution in [-0.2, 0) is 23.5 Å². The number of carbonyl (C=O) groups is 1. The summed E-state index contributed by atoms with van der Waals surface area (Å²) in [5.41, 5.74) is 2.34. The normalized spacial score (nSPS) is 14.7. The highest BCUT2D eigenvalue weighted by Gasteiger charge is 2.34.